The molecule has 3 rings (SSSR count). The lowest BCUT2D eigenvalue weighted by molar-refractivity contribution is -0.160. The van der Waals surface area contributed by atoms with Crippen LogP contribution in [0.25, 0.3) is 0 Å². The molecule has 0 saturated carbocycles. The molecule has 5 nitrogen and oxygen atoms in total. The van der Waals surface area contributed by atoms with Gasteiger partial charge in [-0.2, -0.15) is 0 Å². The van der Waals surface area contributed by atoms with Crippen LogP contribution in [0.1, 0.15) is 43.9 Å². The molecule has 1 saturated heterocycles. The molecule has 1 amide bonds. The van der Waals surface area contributed by atoms with Gasteiger partial charge in [0.25, 0.3) is 5.91 Å². The minimum atomic E-state index is -0.792. The monoisotopic (exact) mass is 353 g/mol. The molecule has 0 aliphatic carbocycles. The Morgan fingerprint density at radius 3 is 2.15 bits per heavy atom. The molecule has 1 aliphatic rings. The van der Waals surface area contributed by atoms with E-state index < -0.39 is 12.1 Å². The Morgan fingerprint density at radius 1 is 1.04 bits per heavy atom. The van der Waals surface area contributed by atoms with Crippen molar-refractivity contribution in [1.29, 1.82) is 0 Å². The van der Waals surface area contributed by atoms with E-state index in [-0.39, 0.29) is 11.9 Å². The Hall–Kier alpha value is -2.82. The standard InChI is InChI=1S/C21H23NO4/c1-13(2)15-5-7-16(8-6-15)19-20(26-14(3)23)21(24)22(19)17-9-11-18(25-4)12-10-17/h5-13,19-20H,1-4H3/t19-,20+/m1/s1. The molecule has 2 atom stereocenters. The Bertz CT molecular complexity index is 796. The number of carbonyl (C=O) groups is 2. The summed E-state index contributed by atoms with van der Waals surface area (Å²) in [5, 5.41) is 0. The maximum Gasteiger partial charge on any atom is 0.303 e. The normalized spacial score (nSPS) is 19.3. The Morgan fingerprint density at radius 2 is 1.65 bits per heavy atom. The lowest BCUT2D eigenvalue weighted by Crippen LogP contribution is -2.60. The number of esters is 1. The van der Waals surface area contributed by atoms with Gasteiger partial charge in [0, 0.05) is 12.6 Å². The maximum absolute atomic E-state index is 12.6. The number of hydrogen-bond donors (Lipinski definition) is 0. The van der Waals surface area contributed by atoms with Crippen LogP contribution in [0.2, 0.25) is 0 Å². The van der Waals surface area contributed by atoms with Crippen LogP contribution in [0.15, 0.2) is 48.5 Å². The summed E-state index contributed by atoms with van der Waals surface area (Å²) in [5.74, 6) is 0.468. The summed E-state index contributed by atoms with van der Waals surface area (Å²) < 4.78 is 10.5. The van der Waals surface area contributed by atoms with E-state index in [4.69, 9.17) is 9.47 Å². The highest BCUT2D eigenvalue weighted by molar-refractivity contribution is 6.06. The molecule has 0 bridgehead atoms. The highest BCUT2D eigenvalue weighted by Gasteiger charge is 2.51. The van der Waals surface area contributed by atoms with Crippen LogP contribution in [0, 0.1) is 0 Å². The van der Waals surface area contributed by atoms with Crippen LogP contribution < -0.4 is 9.64 Å². The summed E-state index contributed by atoms with van der Waals surface area (Å²) in [6, 6.07) is 15.0. The molecule has 0 radical (unpaired) electrons. The molecule has 2 aromatic rings. The largest absolute Gasteiger partial charge is 0.497 e. The second-order valence-corrected chi connectivity index (χ2v) is 6.70. The van der Waals surface area contributed by atoms with Gasteiger partial charge >= 0.3 is 5.97 Å². The Balaban J connectivity index is 1.94. The number of benzene rings is 2. The summed E-state index contributed by atoms with van der Waals surface area (Å²) in [7, 11) is 1.60. The number of hydrogen-bond acceptors (Lipinski definition) is 4. The second-order valence-electron chi connectivity index (χ2n) is 6.70. The number of carbonyl (C=O) groups excluding carboxylic acids is 2. The number of nitrogens with zero attached hydrogens (tertiary/aromatic N) is 1. The van der Waals surface area contributed by atoms with Crippen molar-refractivity contribution in [1.82, 2.24) is 0 Å². The van der Waals surface area contributed by atoms with Gasteiger partial charge < -0.3 is 9.47 Å². The van der Waals surface area contributed by atoms with Crippen LogP contribution in [-0.2, 0) is 14.3 Å². The van der Waals surface area contributed by atoms with Crippen molar-refractivity contribution in [3.8, 4) is 5.75 Å². The first-order valence-electron chi connectivity index (χ1n) is 8.66. The number of methoxy groups -OCH3 is 1. The fourth-order valence-electron chi connectivity index (χ4n) is 3.19. The van der Waals surface area contributed by atoms with E-state index in [2.05, 4.69) is 26.0 Å². The molecule has 1 aliphatic heterocycles. The van der Waals surface area contributed by atoms with Gasteiger partial charge in [-0.3, -0.25) is 14.5 Å². The number of β-lactam (4-membered cyclic amide) rings is 1. The summed E-state index contributed by atoms with van der Waals surface area (Å²) >= 11 is 0. The second kappa shape index (κ2) is 7.20. The first kappa shape index (κ1) is 18.0. The third kappa shape index (κ3) is 3.29. The molecule has 136 valence electrons. The molecule has 0 spiro atoms. The summed E-state index contributed by atoms with van der Waals surface area (Å²) in [5.41, 5.74) is 2.91. The van der Waals surface area contributed by atoms with Crippen LogP contribution >= 0.6 is 0 Å². The molecule has 26 heavy (non-hydrogen) atoms. The van der Waals surface area contributed by atoms with Gasteiger partial charge in [-0.15, -0.1) is 0 Å². The maximum atomic E-state index is 12.6. The van der Waals surface area contributed by atoms with Crippen LogP contribution in [0.5, 0.6) is 5.75 Å². The molecule has 2 aromatic carbocycles. The van der Waals surface area contributed by atoms with E-state index in [1.807, 2.05) is 24.3 Å². The van der Waals surface area contributed by atoms with Crippen molar-refractivity contribution in [2.75, 3.05) is 12.0 Å². The third-order valence-corrected chi connectivity index (χ3v) is 4.63. The topological polar surface area (TPSA) is 55.8 Å². The van der Waals surface area contributed by atoms with Crippen LogP contribution in [-0.4, -0.2) is 25.1 Å². The first-order chi connectivity index (χ1) is 12.4. The highest BCUT2D eigenvalue weighted by Crippen LogP contribution is 2.41. The fourth-order valence-corrected chi connectivity index (χ4v) is 3.19. The van der Waals surface area contributed by atoms with E-state index in [0.717, 1.165) is 17.0 Å². The fraction of sp³-hybridized carbons (Fsp3) is 0.333. The van der Waals surface area contributed by atoms with Crippen molar-refractivity contribution in [2.45, 2.75) is 38.8 Å². The van der Waals surface area contributed by atoms with Crippen molar-refractivity contribution in [3.05, 3.63) is 59.7 Å². The third-order valence-electron chi connectivity index (χ3n) is 4.63. The van der Waals surface area contributed by atoms with Gasteiger partial charge in [-0.1, -0.05) is 38.1 Å². The van der Waals surface area contributed by atoms with Crippen LogP contribution in [0.3, 0.4) is 0 Å². The van der Waals surface area contributed by atoms with Crippen molar-refractivity contribution in [2.24, 2.45) is 0 Å². The number of rotatable bonds is 5. The van der Waals surface area contributed by atoms with Crippen molar-refractivity contribution < 1.29 is 19.1 Å². The predicted molar refractivity (Wildman–Crippen MR) is 99.3 cm³/mol. The van der Waals surface area contributed by atoms with E-state index in [9.17, 15) is 9.59 Å². The zero-order valence-electron chi connectivity index (χ0n) is 15.4. The quantitative estimate of drug-likeness (QED) is 0.605. The van der Waals surface area contributed by atoms with Gasteiger partial charge in [-0.25, -0.2) is 0 Å². The van der Waals surface area contributed by atoms with E-state index >= 15 is 0 Å². The predicted octanol–water partition coefficient (Wildman–Crippen LogP) is 3.84. The summed E-state index contributed by atoms with van der Waals surface area (Å²) in [6.07, 6.45) is -0.792. The van der Waals surface area contributed by atoms with Crippen molar-refractivity contribution in [3.63, 3.8) is 0 Å². The SMILES string of the molecule is COc1ccc(N2C(=O)[C@@H](OC(C)=O)[C@H]2c2ccc(C(C)C)cc2)cc1. The minimum Gasteiger partial charge on any atom is -0.497 e. The summed E-state index contributed by atoms with van der Waals surface area (Å²) in [4.78, 5) is 25.7. The zero-order chi connectivity index (χ0) is 18.8. The molecule has 0 N–H and O–H groups in total. The number of amides is 1. The lowest BCUT2D eigenvalue weighted by atomic mass is 9.88. The average molecular weight is 353 g/mol. The van der Waals surface area contributed by atoms with Gasteiger partial charge in [0.15, 0.2) is 0 Å². The molecule has 1 heterocycles. The van der Waals surface area contributed by atoms with Crippen LogP contribution in [0.4, 0.5) is 5.69 Å². The van der Waals surface area contributed by atoms with Gasteiger partial charge in [0.2, 0.25) is 6.10 Å². The number of anilines is 1. The molecular formula is C21H23NO4. The smallest absolute Gasteiger partial charge is 0.303 e. The average Bonchev–Trinajstić information content (AvgIpc) is 2.64. The van der Waals surface area contributed by atoms with E-state index in [1.165, 1.54) is 12.5 Å². The Kier molecular flexibility index (Phi) is 4.98. The lowest BCUT2D eigenvalue weighted by Gasteiger charge is -2.46. The number of ether oxygens (including phenoxy) is 2. The molecule has 0 unspecified atom stereocenters. The molecular weight excluding hydrogens is 330 g/mol. The van der Waals surface area contributed by atoms with E-state index in [1.54, 1.807) is 24.1 Å². The van der Waals surface area contributed by atoms with Gasteiger partial charge in [0.1, 0.15) is 11.8 Å². The molecule has 0 aromatic heterocycles. The van der Waals surface area contributed by atoms with E-state index in [0.29, 0.717) is 5.92 Å². The first-order valence-corrected chi connectivity index (χ1v) is 8.66. The van der Waals surface area contributed by atoms with Gasteiger partial charge in [0.05, 0.1) is 7.11 Å². The molecule has 1 fully saturated rings. The minimum absolute atomic E-state index is 0.219. The summed E-state index contributed by atoms with van der Waals surface area (Å²) in [6.45, 7) is 5.59. The highest BCUT2D eigenvalue weighted by atomic mass is 16.6. The zero-order valence-corrected chi connectivity index (χ0v) is 15.4. The Labute approximate surface area is 153 Å². The van der Waals surface area contributed by atoms with Crippen molar-refractivity contribution >= 4 is 17.6 Å². The van der Waals surface area contributed by atoms with Gasteiger partial charge in [-0.05, 0) is 41.3 Å². The molecule has 5 heteroatoms.